The van der Waals surface area contributed by atoms with Crippen molar-refractivity contribution >= 4 is 17.0 Å². The lowest BCUT2D eigenvalue weighted by Gasteiger charge is -2.42. The van der Waals surface area contributed by atoms with Crippen LogP contribution in [0.4, 0.5) is 19.1 Å². The summed E-state index contributed by atoms with van der Waals surface area (Å²) in [4.78, 5) is 17.9. The summed E-state index contributed by atoms with van der Waals surface area (Å²) in [6.07, 6.45) is 3.06. The number of fused-ring (bicyclic) bond motifs is 1. The van der Waals surface area contributed by atoms with Crippen molar-refractivity contribution in [3.05, 3.63) is 35.8 Å². The van der Waals surface area contributed by atoms with Crippen molar-refractivity contribution in [1.82, 2.24) is 30.2 Å². The number of nitriles is 1. The van der Waals surface area contributed by atoms with Crippen LogP contribution < -0.4 is 10.6 Å². The Morgan fingerprint density at radius 1 is 1.18 bits per heavy atom. The molecule has 11 heteroatoms. The molecule has 33 heavy (non-hydrogen) atoms. The van der Waals surface area contributed by atoms with E-state index in [2.05, 4.69) is 35.5 Å². The normalized spacial score (nSPS) is 19.9. The lowest BCUT2D eigenvalue weighted by atomic mass is 9.95. The molecule has 1 atom stereocenters. The molecule has 8 nitrogen and oxygen atoms in total. The third-order valence-electron chi connectivity index (χ3n) is 6.46. The molecule has 1 unspecified atom stereocenters. The zero-order valence-corrected chi connectivity index (χ0v) is 17.8. The van der Waals surface area contributed by atoms with Crippen LogP contribution in [-0.2, 0) is 6.18 Å². The van der Waals surface area contributed by atoms with E-state index in [4.69, 9.17) is 0 Å². The molecule has 2 fully saturated rings. The van der Waals surface area contributed by atoms with Crippen LogP contribution in [0, 0.1) is 17.2 Å². The van der Waals surface area contributed by atoms with Crippen LogP contribution in [0.3, 0.4) is 0 Å². The maximum absolute atomic E-state index is 13.2. The molecule has 3 N–H and O–H groups in total. The van der Waals surface area contributed by atoms with Gasteiger partial charge in [0.2, 0.25) is 5.95 Å². The van der Waals surface area contributed by atoms with Crippen molar-refractivity contribution in [2.24, 2.45) is 5.92 Å². The van der Waals surface area contributed by atoms with Gasteiger partial charge in [-0.25, -0.2) is 15.0 Å². The van der Waals surface area contributed by atoms with Crippen molar-refractivity contribution in [2.75, 3.05) is 31.5 Å². The van der Waals surface area contributed by atoms with Gasteiger partial charge in [-0.3, -0.25) is 4.90 Å². The number of nitrogens with one attached hydrogen (secondary N) is 3. The minimum Gasteiger partial charge on any atom is -0.354 e. The summed E-state index contributed by atoms with van der Waals surface area (Å²) in [6, 6.07) is 3.05. The number of anilines is 1. The molecule has 5 rings (SSSR count). The number of nitrogens with zero attached hydrogens (tertiary/aromatic N) is 5. The number of aromatic nitrogens is 4. The number of halogens is 3. The first-order valence-corrected chi connectivity index (χ1v) is 11.0. The topological polar surface area (TPSA) is 106 Å². The number of likely N-dealkylation sites (tertiary alicyclic amines) is 1. The first-order valence-electron chi connectivity index (χ1n) is 11.0. The molecule has 3 aromatic heterocycles. The van der Waals surface area contributed by atoms with Crippen molar-refractivity contribution in [3.63, 3.8) is 0 Å². The Morgan fingerprint density at radius 2 is 1.97 bits per heavy atom. The largest absolute Gasteiger partial charge is 0.417 e. The number of H-pyrrole nitrogens is 1. The SMILES string of the molecule is N#Cc1cnc(NCC2CCN(C3CCN3)CC2)nc1-c1c[nH]c2ncc(C(F)(F)F)cc12. The van der Waals surface area contributed by atoms with Gasteiger partial charge in [0.05, 0.1) is 29.2 Å². The Balaban J connectivity index is 1.34. The van der Waals surface area contributed by atoms with E-state index in [9.17, 15) is 18.4 Å². The molecule has 0 radical (unpaired) electrons. The molecule has 0 aromatic carbocycles. The van der Waals surface area contributed by atoms with E-state index in [0.29, 0.717) is 35.8 Å². The molecule has 0 amide bonds. The first-order chi connectivity index (χ1) is 15.9. The summed E-state index contributed by atoms with van der Waals surface area (Å²) in [7, 11) is 0. The van der Waals surface area contributed by atoms with Crippen LogP contribution in [0.25, 0.3) is 22.3 Å². The fraction of sp³-hybridized carbons (Fsp3) is 0.455. The number of piperidine rings is 1. The molecule has 0 spiro atoms. The van der Waals surface area contributed by atoms with Gasteiger partial charge in [0.15, 0.2) is 0 Å². The highest BCUT2D eigenvalue weighted by molar-refractivity contribution is 5.94. The third kappa shape index (κ3) is 4.36. The predicted molar refractivity (Wildman–Crippen MR) is 116 cm³/mol. The second-order valence-corrected chi connectivity index (χ2v) is 8.51. The summed E-state index contributed by atoms with van der Waals surface area (Å²) < 4.78 is 39.6. The van der Waals surface area contributed by atoms with Gasteiger partial charge in [-0.15, -0.1) is 0 Å². The van der Waals surface area contributed by atoms with Crippen LogP contribution in [0.15, 0.2) is 24.7 Å². The number of alkyl halides is 3. The van der Waals surface area contributed by atoms with Crippen molar-refractivity contribution in [2.45, 2.75) is 31.6 Å². The third-order valence-corrected chi connectivity index (χ3v) is 6.46. The summed E-state index contributed by atoms with van der Waals surface area (Å²) in [5.74, 6) is 0.831. The highest BCUT2D eigenvalue weighted by Crippen LogP contribution is 2.34. The zero-order chi connectivity index (χ0) is 23.0. The van der Waals surface area contributed by atoms with Gasteiger partial charge in [-0.05, 0) is 50.9 Å². The zero-order valence-electron chi connectivity index (χ0n) is 17.8. The molecule has 0 aliphatic carbocycles. The highest BCUT2D eigenvalue weighted by Gasteiger charge is 2.32. The van der Waals surface area contributed by atoms with Gasteiger partial charge in [-0.2, -0.15) is 18.4 Å². The summed E-state index contributed by atoms with van der Waals surface area (Å²) in [6.45, 7) is 3.89. The number of pyridine rings is 1. The van der Waals surface area contributed by atoms with Gasteiger partial charge in [-0.1, -0.05) is 0 Å². The molecule has 3 aromatic rings. The molecule has 172 valence electrons. The molecule has 2 aliphatic rings. The van der Waals surface area contributed by atoms with Crippen LogP contribution in [0.5, 0.6) is 0 Å². The van der Waals surface area contributed by atoms with E-state index >= 15 is 0 Å². The average molecular weight is 456 g/mol. The first kappa shape index (κ1) is 21.6. The Bertz CT molecular complexity index is 1190. The smallest absolute Gasteiger partial charge is 0.354 e. The van der Waals surface area contributed by atoms with Crippen LogP contribution >= 0.6 is 0 Å². The molecule has 0 bridgehead atoms. The summed E-state index contributed by atoms with van der Waals surface area (Å²) in [5, 5.41) is 16.5. The van der Waals surface area contributed by atoms with Crippen molar-refractivity contribution in [1.29, 1.82) is 5.26 Å². The minimum absolute atomic E-state index is 0.181. The van der Waals surface area contributed by atoms with E-state index in [1.54, 1.807) is 0 Å². The maximum atomic E-state index is 13.2. The van der Waals surface area contributed by atoms with E-state index in [1.165, 1.54) is 18.8 Å². The number of hydrogen-bond donors (Lipinski definition) is 3. The van der Waals surface area contributed by atoms with Gasteiger partial charge in [0, 0.05) is 29.9 Å². The summed E-state index contributed by atoms with van der Waals surface area (Å²) >= 11 is 0. The molecular formula is C22H23F3N8. The van der Waals surface area contributed by atoms with Crippen LogP contribution in [0.1, 0.15) is 30.4 Å². The quantitative estimate of drug-likeness (QED) is 0.541. The molecule has 2 saturated heterocycles. The monoisotopic (exact) mass is 456 g/mol. The predicted octanol–water partition coefficient (Wildman–Crippen LogP) is 3.35. The van der Waals surface area contributed by atoms with E-state index < -0.39 is 11.7 Å². The van der Waals surface area contributed by atoms with E-state index in [0.717, 1.165) is 44.7 Å². The van der Waals surface area contributed by atoms with Crippen LogP contribution in [-0.4, -0.2) is 57.2 Å². The second kappa shape index (κ2) is 8.61. The lowest BCUT2D eigenvalue weighted by Crippen LogP contribution is -2.57. The average Bonchev–Trinajstić information content (AvgIpc) is 3.20. The van der Waals surface area contributed by atoms with Gasteiger partial charge in [0.1, 0.15) is 11.7 Å². The lowest BCUT2D eigenvalue weighted by molar-refractivity contribution is -0.137. The van der Waals surface area contributed by atoms with Crippen molar-refractivity contribution in [3.8, 4) is 17.3 Å². The Kier molecular flexibility index (Phi) is 5.64. The number of rotatable bonds is 5. The fourth-order valence-electron chi connectivity index (χ4n) is 4.40. The minimum atomic E-state index is -4.52. The summed E-state index contributed by atoms with van der Waals surface area (Å²) in [5.41, 5.74) is 0.272. The fourth-order valence-corrected chi connectivity index (χ4v) is 4.40. The van der Waals surface area contributed by atoms with Gasteiger partial charge < -0.3 is 15.6 Å². The second-order valence-electron chi connectivity index (χ2n) is 8.51. The van der Waals surface area contributed by atoms with Gasteiger partial charge >= 0.3 is 6.18 Å². The highest BCUT2D eigenvalue weighted by atomic mass is 19.4. The molecule has 5 heterocycles. The molecular weight excluding hydrogens is 433 g/mol. The number of hydrogen-bond acceptors (Lipinski definition) is 7. The standard InChI is InChI=1S/C22H23F3N8/c23-22(24,25)15-7-16-17(12-29-20(16)28-11-15)19-14(8-26)10-31-21(32-19)30-9-13-2-5-33(6-3-13)18-1-4-27-18/h7,10-13,18,27H,1-6,9H2,(H,28,29)(H,30,31,32). The van der Waals surface area contributed by atoms with E-state index in [-0.39, 0.29) is 16.6 Å². The maximum Gasteiger partial charge on any atom is 0.417 e. The van der Waals surface area contributed by atoms with Gasteiger partial charge in [0.25, 0.3) is 0 Å². The Morgan fingerprint density at radius 3 is 2.64 bits per heavy atom. The van der Waals surface area contributed by atoms with Crippen LogP contribution in [0.2, 0.25) is 0 Å². The van der Waals surface area contributed by atoms with Crippen molar-refractivity contribution < 1.29 is 13.2 Å². The van der Waals surface area contributed by atoms with E-state index in [1.807, 2.05) is 6.07 Å². The Hall–Kier alpha value is -3.23. The Labute approximate surface area is 188 Å². The molecule has 2 aliphatic heterocycles. The molecule has 0 saturated carbocycles. The number of aromatic amines is 1.